The highest BCUT2D eigenvalue weighted by Gasteiger charge is 2.61. The molecule has 1 spiro atoms. The standard InChI is InChI=1S/C36H64O8Si/c1-26-21-22-29(24-36(26)32(33(38)40-10)42-35(7,8)44-36)28(3)31(37)23-30(41-25-39-9)20-18-16-14-13-15-17-19-27(2)43-45(11,12)34(4,5)6/h13-16,26-30,32H,17-25H2,1-12H3/b15-13+,16-14+/t26-,27+,28+,29-,30+,32?,36+/m1/s1. The molecule has 1 unspecified atom stereocenters. The lowest BCUT2D eigenvalue weighted by atomic mass is 9.65. The van der Waals surface area contributed by atoms with Crippen LogP contribution >= 0.6 is 0 Å². The first-order valence-corrected chi connectivity index (χ1v) is 19.9. The lowest BCUT2D eigenvalue weighted by Crippen LogP contribution is -2.54. The minimum atomic E-state index is -1.74. The van der Waals surface area contributed by atoms with Gasteiger partial charge >= 0.3 is 5.97 Å². The Morgan fingerprint density at radius 1 is 1.02 bits per heavy atom. The van der Waals surface area contributed by atoms with Crippen molar-refractivity contribution >= 4 is 20.1 Å². The smallest absolute Gasteiger partial charge is 0.338 e. The van der Waals surface area contributed by atoms with Crippen LogP contribution in [0.15, 0.2) is 24.3 Å². The van der Waals surface area contributed by atoms with Crippen molar-refractivity contribution < 1.29 is 37.7 Å². The number of allylic oxidation sites excluding steroid dienone is 4. The Morgan fingerprint density at radius 3 is 2.22 bits per heavy atom. The predicted molar refractivity (Wildman–Crippen MR) is 181 cm³/mol. The van der Waals surface area contributed by atoms with Crippen molar-refractivity contribution in [2.24, 2.45) is 17.8 Å². The average Bonchev–Trinajstić information content (AvgIpc) is 3.23. The molecule has 1 saturated carbocycles. The second-order valence-corrected chi connectivity index (χ2v) is 20.0. The van der Waals surface area contributed by atoms with Crippen LogP contribution in [0.2, 0.25) is 18.1 Å². The first-order valence-electron chi connectivity index (χ1n) is 17.0. The molecule has 1 aliphatic heterocycles. The first kappa shape index (κ1) is 39.8. The van der Waals surface area contributed by atoms with Crippen LogP contribution in [0.3, 0.4) is 0 Å². The van der Waals surface area contributed by atoms with Gasteiger partial charge in [-0.2, -0.15) is 0 Å². The van der Waals surface area contributed by atoms with Gasteiger partial charge in [0.25, 0.3) is 0 Å². The molecule has 9 heteroatoms. The third-order valence-electron chi connectivity index (χ3n) is 10.2. The van der Waals surface area contributed by atoms with E-state index in [-0.39, 0.29) is 47.6 Å². The molecule has 0 aromatic heterocycles. The molecule has 2 fully saturated rings. The van der Waals surface area contributed by atoms with E-state index in [1.54, 1.807) is 7.11 Å². The molecule has 2 rings (SSSR count). The molecule has 0 radical (unpaired) electrons. The summed E-state index contributed by atoms with van der Waals surface area (Å²) >= 11 is 0. The van der Waals surface area contributed by atoms with E-state index in [9.17, 15) is 9.59 Å². The van der Waals surface area contributed by atoms with Crippen LogP contribution in [0.1, 0.15) is 107 Å². The Morgan fingerprint density at radius 2 is 1.64 bits per heavy atom. The summed E-state index contributed by atoms with van der Waals surface area (Å²) in [6.45, 7) is 21.5. The second-order valence-electron chi connectivity index (χ2n) is 15.3. The second kappa shape index (κ2) is 17.2. The van der Waals surface area contributed by atoms with Crippen molar-refractivity contribution in [3.8, 4) is 0 Å². The summed E-state index contributed by atoms with van der Waals surface area (Å²) in [7, 11) is 1.23. The fraction of sp³-hybridized carbons (Fsp3) is 0.833. The van der Waals surface area contributed by atoms with Gasteiger partial charge < -0.3 is 28.1 Å². The van der Waals surface area contributed by atoms with Crippen molar-refractivity contribution in [3.05, 3.63) is 24.3 Å². The maximum absolute atomic E-state index is 13.6. The van der Waals surface area contributed by atoms with Crippen LogP contribution in [0, 0.1) is 17.8 Å². The summed E-state index contributed by atoms with van der Waals surface area (Å²) < 4.78 is 35.2. The van der Waals surface area contributed by atoms with Crippen LogP contribution in [-0.4, -0.2) is 70.8 Å². The van der Waals surface area contributed by atoms with E-state index in [1.807, 2.05) is 20.8 Å². The van der Waals surface area contributed by atoms with E-state index < -0.39 is 31.8 Å². The summed E-state index contributed by atoms with van der Waals surface area (Å²) in [6.07, 6.45) is 13.8. The highest BCUT2D eigenvalue weighted by Crippen LogP contribution is 2.52. The summed E-state index contributed by atoms with van der Waals surface area (Å²) in [5, 5.41) is 0.220. The van der Waals surface area contributed by atoms with Crippen molar-refractivity contribution in [2.45, 2.75) is 155 Å². The summed E-state index contributed by atoms with van der Waals surface area (Å²) in [6, 6.07) is 0. The molecule has 0 aromatic rings. The van der Waals surface area contributed by atoms with E-state index in [0.717, 1.165) is 38.5 Å². The molecule has 1 aliphatic carbocycles. The Labute approximate surface area is 275 Å². The van der Waals surface area contributed by atoms with Crippen LogP contribution in [0.5, 0.6) is 0 Å². The molecule has 1 heterocycles. The summed E-state index contributed by atoms with van der Waals surface area (Å²) in [5.74, 6) is -1.19. The molecule has 260 valence electrons. The highest BCUT2D eigenvalue weighted by atomic mass is 28.4. The van der Waals surface area contributed by atoms with Crippen LogP contribution in [-0.2, 0) is 37.7 Å². The molecule has 1 saturated heterocycles. The highest BCUT2D eigenvalue weighted by molar-refractivity contribution is 6.74. The number of ether oxygens (including phenoxy) is 5. The molecular formula is C36H64O8Si. The van der Waals surface area contributed by atoms with Gasteiger partial charge in [-0.25, -0.2) is 4.79 Å². The van der Waals surface area contributed by atoms with E-state index in [2.05, 4.69) is 72.0 Å². The number of Topliss-reactive ketones (excluding diaryl/α,β-unsaturated/α-hetero) is 1. The SMILES string of the molecule is COCO[C@@H](CC/C=C/C=C/CC[C@H](C)O[Si](C)(C)C(C)(C)C)CC(=O)[C@@H](C)[C@@H]1CC[C@@H](C)[C@]2(C1)OC(C)(C)OC2C(=O)OC. The molecule has 0 N–H and O–H groups in total. The fourth-order valence-corrected chi connectivity index (χ4v) is 7.89. The van der Waals surface area contributed by atoms with Crippen LogP contribution < -0.4 is 0 Å². The van der Waals surface area contributed by atoms with E-state index >= 15 is 0 Å². The van der Waals surface area contributed by atoms with Crippen LogP contribution in [0.4, 0.5) is 0 Å². The molecular weight excluding hydrogens is 588 g/mol. The monoisotopic (exact) mass is 652 g/mol. The third-order valence-corrected chi connectivity index (χ3v) is 14.8. The van der Waals surface area contributed by atoms with Gasteiger partial charge in [-0.15, -0.1) is 0 Å². The Balaban J connectivity index is 1.90. The van der Waals surface area contributed by atoms with Gasteiger partial charge in [-0.1, -0.05) is 58.9 Å². The lowest BCUT2D eigenvalue weighted by molar-refractivity contribution is -0.185. The van der Waals surface area contributed by atoms with Crippen molar-refractivity contribution in [1.29, 1.82) is 0 Å². The van der Waals surface area contributed by atoms with Gasteiger partial charge in [0.1, 0.15) is 18.2 Å². The van der Waals surface area contributed by atoms with Gasteiger partial charge in [0, 0.05) is 25.6 Å². The van der Waals surface area contributed by atoms with E-state index in [1.165, 1.54) is 7.11 Å². The van der Waals surface area contributed by atoms with Gasteiger partial charge in [0.2, 0.25) is 0 Å². The number of carbonyl (C=O) groups is 2. The Hall–Kier alpha value is -1.36. The van der Waals surface area contributed by atoms with Crippen molar-refractivity contribution in [3.63, 3.8) is 0 Å². The van der Waals surface area contributed by atoms with Gasteiger partial charge in [0.15, 0.2) is 20.2 Å². The minimum absolute atomic E-state index is 0.0708. The van der Waals surface area contributed by atoms with Gasteiger partial charge in [0.05, 0.1) is 13.2 Å². The predicted octanol–water partition coefficient (Wildman–Crippen LogP) is 8.15. The summed E-state index contributed by atoms with van der Waals surface area (Å²) in [4.78, 5) is 26.3. The largest absolute Gasteiger partial charge is 0.467 e. The number of rotatable bonds is 17. The maximum atomic E-state index is 13.6. The average molecular weight is 653 g/mol. The third kappa shape index (κ3) is 11.4. The molecule has 7 atom stereocenters. The fourth-order valence-electron chi connectivity index (χ4n) is 6.41. The Kier molecular flexibility index (Phi) is 15.2. The first-order chi connectivity index (χ1) is 20.9. The number of hydrogen-bond donors (Lipinski definition) is 0. The minimum Gasteiger partial charge on any atom is -0.467 e. The molecule has 0 amide bonds. The van der Waals surface area contributed by atoms with E-state index in [0.29, 0.717) is 12.8 Å². The maximum Gasteiger partial charge on any atom is 0.338 e. The number of ketones is 1. The van der Waals surface area contributed by atoms with Crippen molar-refractivity contribution in [1.82, 2.24) is 0 Å². The number of carbonyl (C=O) groups excluding carboxylic acids is 2. The quantitative estimate of drug-likeness (QED) is 0.0673. The molecule has 45 heavy (non-hydrogen) atoms. The zero-order valence-corrected chi connectivity index (χ0v) is 31.4. The van der Waals surface area contributed by atoms with Crippen LogP contribution in [0.25, 0.3) is 0 Å². The van der Waals surface area contributed by atoms with Gasteiger partial charge in [-0.05, 0) is 95.7 Å². The summed E-state index contributed by atoms with van der Waals surface area (Å²) in [5.41, 5.74) is -0.811. The van der Waals surface area contributed by atoms with Crippen molar-refractivity contribution in [2.75, 3.05) is 21.0 Å². The number of methoxy groups -OCH3 is 2. The molecule has 8 nitrogen and oxygen atoms in total. The van der Waals surface area contributed by atoms with Gasteiger partial charge in [-0.3, -0.25) is 4.79 Å². The number of hydrogen-bond acceptors (Lipinski definition) is 8. The zero-order chi connectivity index (χ0) is 34.1. The zero-order valence-electron chi connectivity index (χ0n) is 30.4. The lowest BCUT2D eigenvalue weighted by Gasteiger charge is -2.45. The topological polar surface area (TPSA) is 89.5 Å². The molecule has 0 bridgehead atoms. The number of esters is 1. The molecule has 0 aromatic carbocycles. The Bertz CT molecular complexity index is 1000. The normalized spacial score (nSPS) is 27.7. The molecule has 2 aliphatic rings. The van der Waals surface area contributed by atoms with E-state index in [4.69, 9.17) is 28.1 Å².